The monoisotopic (exact) mass is 270 g/mol. The largest absolute Gasteiger partial charge is 0.481 e. The molecule has 0 radical (unpaired) electrons. The summed E-state index contributed by atoms with van der Waals surface area (Å²) in [4.78, 5) is 24.8. The first-order valence-electron chi connectivity index (χ1n) is 7.12. The molecule has 0 bridgehead atoms. The molecule has 5 heteroatoms. The minimum atomic E-state index is -0.745. The van der Waals surface area contributed by atoms with Gasteiger partial charge in [0.1, 0.15) is 0 Å². The van der Waals surface area contributed by atoms with Gasteiger partial charge in [0, 0.05) is 12.6 Å². The third-order valence-electron chi connectivity index (χ3n) is 3.85. The van der Waals surface area contributed by atoms with Crippen molar-refractivity contribution in [2.75, 3.05) is 20.1 Å². The van der Waals surface area contributed by atoms with Crippen molar-refractivity contribution in [2.45, 2.75) is 45.6 Å². The summed E-state index contributed by atoms with van der Waals surface area (Å²) in [6, 6.07) is 0.124. The predicted octanol–water partition coefficient (Wildman–Crippen LogP) is 1.33. The van der Waals surface area contributed by atoms with E-state index < -0.39 is 5.97 Å². The summed E-state index contributed by atoms with van der Waals surface area (Å²) >= 11 is 0. The number of carbonyl (C=O) groups excluding carboxylic acids is 1. The van der Waals surface area contributed by atoms with Crippen molar-refractivity contribution in [3.8, 4) is 0 Å². The lowest BCUT2D eigenvalue weighted by Crippen LogP contribution is -2.38. The lowest BCUT2D eigenvalue weighted by atomic mass is 10.0. The van der Waals surface area contributed by atoms with Gasteiger partial charge < -0.3 is 15.3 Å². The van der Waals surface area contributed by atoms with Crippen LogP contribution in [-0.2, 0) is 9.59 Å². The molecule has 1 aliphatic heterocycles. The Balaban J connectivity index is 2.18. The highest BCUT2D eigenvalue weighted by Crippen LogP contribution is 2.15. The first kappa shape index (κ1) is 16.0. The van der Waals surface area contributed by atoms with Crippen LogP contribution in [0.15, 0.2) is 0 Å². The number of nitrogens with one attached hydrogen (secondary N) is 1. The Bertz CT molecular complexity index is 320. The van der Waals surface area contributed by atoms with Crippen molar-refractivity contribution in [1.29, 1.82) is 0 Å². The number of carboxylic acid groups (broad SMARTS) is 1. The summed E-state index contributed by atoms with van der Waals surface area (Å²) < 4.78 is 0. The Kier molecular flexibility index (Phi) is 6.28. The van der Waals surface area contributed by atoms with Gasteiger partial charge in [0.25, 0.3) is 0 Å². The van der Waals surface area contributed by atoms with Gasteiger partial charge >= 0.3 is 5.97 Å². The molecule has 0 saturated carbocycles. The third-order valence-corrected chi connectivity index (χ3v) is 3.85. The van der Waals surface area contributed by atoms with Crippen molar-refractivity contribution in [3.05, 3.63) is 0 Å². The maximum atomic E-state index is 12.0. The number of aliphatic carboxylic acids is 1. The topological polar surface area (TPSA) is 69.6 Å². The molecule has 0 aliphatic carbocycles. The second-order valence-corrected chi connectivity index (χ2v) is 5.83. The van der Waals surface area contributed by atoms with Gasteiger partial charge in [-0.3, -0.25) is 9.59 Å². The molecule has 5 nitrogen and oxygen atoms in total. The molecular formula is C14H26N2O3. The molecule has 0 aromatic heterocycles. The van der Waals surface area contributed by atoms with Crippen LogP contribution in [0.1, 0.15) is 39.5 Å². The number of carbonyl (C=O) groups is 2. The van der Waals surface area contributed by atoms with Crippen molar-refractivity contribution >= 4 is 11.9 Å². The number of rotatable bonds is 7. The van der Waals surface area contributed by atoms with Crippen LogP contribution in [0.4, 0.5) is 0 Å². The van der Waals surface area contributed by atoms with Gasteiger partial charge in [0.05, 0.1) is 11.8 Å². The van der Waals surface area contributed by atoms with E-state index >= 15 is 0 Å². The summed E-state index contributed by atoms with van der Waals surface area (Å²) in [6.45, 7) is 5.54. The van der Waals surface area contributed by atoms with Gasteiger partial charge in [-0.25, -0.2) is 0 Å². The summed E-state index contributed by atoms with van der Waals surface area (Å²) in [5.74, 6) is -0.786. The van der Waals surface area contributed by atoms with Crippen LogP contribution >= 0.6 is 0 Å². The van der Waals surface area contributed by atoms with E-state index in [0.717, 1.165) is 32.4 Å². The molecule has 3 atom stereocenters. The highest BCUT2D eigenvalue weighted by Gasteiger charge is 2.26. The average Bonchev–Trinajstić information content (AvgIpc) is 2.75. The molecule has 0 aromatic carbocycles. The van der Waals surface area contributed by atoms with Crippen LogP contribution in [0.25, 0.3) is 0 Å². The van der Waals surface area contributed by atoms with Crippen LogP contribution in [0.3, 0.4) is 0 Å². The van der Waals surface area contributed by atoms with E-state index in [1.807, 2.05) is 14.0 Å². The standard InChI is InChI=1S/C14H26N2O3/c1-10(14(18)19)5-4-6-11(2)15-13(17)12-7-8-16(3)9-12/h10-12H,4-9H2,1-3H3,(H,15,17)(H,18,19). The van der Waals surface area contributed by atoms with Crippen molar-refractivity contribution in [2.24, 2.45) is 11.8 Å². The highest BCUT2D eigenvalue weighted by molar-refractivity contribution is 5.79. The maximum absolute atomic E-state index is 12.0. The predicted molar refractivity (Wildman–Crippen MR) is 73.9 cm³/mol. The summed E-state index contributed by atoms with van der Waals surface area (Å²) in [5.41, 5.74) is 0. The lowest BCUT2D eigenvalue weighted by Gasteiger charge is -2.17. The summed E-state index contributed by atoms with van der Waals surface area (Å²) in [7, 11) is 2.03. The Morgan fingerprint density at radius 2 is 2.05 bits per heavy atom. The van der Waals surface area contributed by atoms with Gasteiger partial charge in [-0.05, 0) is 39.8 Å². The molecule has 1 rings (SSSR count). The smallest absolute Gasteiger partial charge is 0.306 e. The zero-order valence-electron chi connectivity index (χ0n) is 12.2. The molecule has 1 amide bonds. The number of likely N-dealkylation sites (tertiary alicyclic amines) is 1. The molecule has 1 fully saturated rings. The van der Waals surface area contributed by atoms with Crippen molar-refractivity contribution < 1.29 is 14.7 Å². The van der Waals surface area contributed by atoms with E-state index in [0.29, 0.717) is 6.42 Å². The molecule has 1 aliphatic rings. The van der Waals surface area contributed by atoms with Crippen molar-refractivity contribution in [1.82, 2.24) is 10.2 Å². The lowest BCUT2D eigenvalue weighted by molar-refractivity contribution is -0.141. The third kappa shape index (κ3) is 5.59. The first-order valence-corrected chi connectivity index (χ1v) is 7.12. The first-order chi connectivity index (χ1) is 8.90. The van der Waals surface area contributed by atoms with E-state index in [1.54, 1.807) is 6.92 Å². The number of amides is 1. The minimum Gasteiger partial charge on any atom is -0.481 e. The quantitative estimate of drug-likeness (QED) is 0.732. The van der Waals surface area contributed by atoms with E-state index in [2.05, 4.69) is 10.2 Å². The maximum Gasteiger partial charge on any atom is 0.306 e. The second kappa shape index (κ2) is 7.48. The molecule has 1 heterocycles. The fourth-order valence-electron chi connectivity index (χ4n) is 2.44. The molecule has 1 saturated heterocycles. The van der Waals surface area contributed by atoms with Crippen LogP contribution in [-0.4, -0.2) is 48.1 Å². The van der Waals surface area contributed by atoms with Gasteiger partial charge in [-0.1, -0.05) is 13.3 Å². The van der Waals surface area contributed by atoms with Crippen LogP contribution < -0.4 is 5.32 Å². The highest BCUT2D eigenvalue weighted by atomic mass is 16.4. The molecule has 0 aromatic rings. The van der Waals surface area contributed by atoms with E-state index in [4.69, 9.17) is 5.11 Å². The van der Waals surface area contributed by atoms with Gasteiger partial charge in [0.15, 0.2) is 0 Å². The van der Waals surface area contributed by atoms with Crippen molar-refractivity contribution in [3.63, 3.8) is 0 Å². The molecule has 2 N–H and O–H groups in total. The Morgan fingerprint density at radius 1 is 1.37 bits per heavy atom. The van der Waals surface area contributed by atoms with E-state index in [9.17, 15) is 9.59 Å². The number of hydrogen-bond donors (Lipinski definition) is 2. The number of hydrogen-bond acceptors (Lipinski definition) is 3. The summed E-state index contributed by atoms with van der Waals surface area (Å²) in [5, 5.41) is 11.8. The Labute approximate surface area is 115 Å². The molecular weight excluding hydrogens is 244 g/mol. The Morgan fingerprint density at radius 3 is 2.58 bits per heavy atom. The number of carboxylic acids is 1. The van der Waals surface area contributed by atoms with Crippen LogP contribution in [0.2, 0.25) is 0 Å². The van der Waals surface area contributed by atoms with Gasteiger partial charge in [-0.15, -0.1) is 0 Å². The minimum absolute atomic E-state index is 0.116. The zero-order valence-corrected chi connectivity index (χ0v) is 12.2. The van der Waals surface area contributed by atoms with E-state index in [-0.39, 0.29) is 23.8 Å². The van der Waals surface area contributed by atoms with Crippen LogP contribution in [0.5, 0.6) is 0 Å². The Hall–Kier alpha value is -1.10. The second-order valence-electron chi connectivity index (χ2n) is 5.83. The normalized spacial score (nSPS) is 23.0. The fourth-order valence-corrected chi connectivity index (χ4v) is 2.44. The number of nitrogens with zero attached hydrogens (tertiary/aromatic N) is 1. The summed E-state index contributed by atoms with van der Waals surface area (Å²) in [6.07, 6.45) is 3.28. The molecule has 0 spiro atoms. The van der Waals surface area contributed by atoms with E-state index in [1.165, 1.54) is 0 Å². The molecule has 3 unspecified atom stereocenters. The van der Waals surface area contributed by atoms with Gasteiger partial charge in [-0.2, -0.15) is 0 Å². The fraction of sp³-hybridized carbons (Fsp3) is 0.857. The SMILES string of the molecule is CC(CCCC(C)C(=O)O)NC(=O)C1CCN(C)C1. The average molecular weight is 270 g/mol. The van der Waals surface area contributed by atoms with Gasteiger partial charge in [0.2, 0.25) is 5.91 Å². The van der Waals surface area contributed by atoms with Crippen LogP contribution in [0, 0.1) is 11.8 Å². The zero-order chi connectivity index (χ0) is 14.4. The molecule has 19 heavy (non-hydrogen) atoms. The molecule has 110 valence electrons.